The number of carbonyl (C=O) groups is 2. The highest BCUT2D eigenvalue weighted by Gasteiger charge is 2.31. The second kappa shape index (κ2) is 11.0. The monoisotopic (exact) mass is 456 g/mol. The molecule has 0 aromatic heterocycles. The number of methoxy groups -OCH3 is 1. The predicted molar refractivity (Wildman–Crippen MR) is 127 cm³/mol. The minimum absolute atomic E-state index is 0.0820. The number of amides is 2. The summed E-state index contributed by atoms with van der Waals surface area (Å²) in [4.78, 5) is 26.8. The molecule has 31 heavy (non-hydrogen) atoms. The lowest BCUT2D eigenvalue weighted by atomic mass is 10.2. The number of aryl methyl sites for hydroxylation is 1. The minimum Gasteiger partial charge on any atom is -0.497 e. The van der Waals surface area contributed by atoms with Gasteiger partial charge in [0.15, 0.2) is 6.61 Å². The summed E-state index contributed by atoms with van der Waals surface area (Å²) in [6.45, 7) is 2.57. The van der Waals surface area contributed by atoms with E-state index in [4.69, 9.17) is 21.7 Å². The van der Waals surface area contributed by atoms with Crippen LogP contribution in [0.5, 0.6) is 11.5 Å². The van der Waals surface area contributed by atoms with Gasteiger partial charge in [0, 0.05) is 13.1 Å². The van der Waals surface area contributed by atoms with Gasteiger partial charge in [-0.3, -0.25) is 14.5 Å². The Morgan fingerprint density at radius 1 is 1.19 bits per heavy atom. The van der Waals surface area contributed by atoms with Crippen LogP contribution in [0, 0.1) is 0 Å². The van der Waals surface area contributed by atoms with E-state index in [1.54, 1.807) is 13.2 Å². The van der Waals surface area contributed by atoms with Gasteiger partial charge in [-0.1, -0.05) is 55.2 Å². The molecule has 0 saturated carbocycles. The van der Waals surface area contributed by atoms with Crippen LogP contribution in [-0.2, 0) is 16.0 Å². The standard InChI is InChI=1S/C23H24N2O4S2/c1-3-16-6-4-9-19(12-16)29-15-21(26)24-10-11-25-22(27)20(31-23(25)30)14-17-7-5-8-18(13-17)28-2/h4-9,12-14H,3,10-11,15H2,1-2H3,(H,24,26)/b20-14+. The van der Waals surface area contributed by atoms with Crippen molar-refractivity contribution in [3.8, 4) is 11.5 Å². The molecular formula is C23H24N2O4S2. The molecule has 1 N–H and O–H groups in total. The van der Waals surface area contributed by atoms with Crippen LogP contribution in [0.3, 0.4) is 0 Å². The third kappa shape index (κ3) is 6.32. The van der Waals surface area contributed by atoms with Gasteiger partial charge in [-0.05, 0) is 47.9 Å². The van der Waals surface area contributed by atoms with E-state index < -0.39 is 0 Å². The van der Waals surface area contributed by atoms with Crippen LogP contribution in [0.4, 0.5) is 0 Å². The van der Waals surface area contributed by atoms with E-state index in [1.165, 1.54) is 16.7 Å². The first-order valence-corrected chi connectivity index (χ1v) is 11.1. The zero-order valence-corrected chi connectivity index (χ0v) is 19.1. The first kappa shape index (κ1) is 22.8. The Hall–Kier alpha value is -2.84. The number of thiocarbonyl (C=S) groups is 1. The normalized spacial score (nSPS) is 14.8. The number of nitrogens with zero attached hydrogens (tertiary/aromatic N) is 1. The largest absolute Gasteiger partial charge is 0.497 e. The fraction of sp³-hybridized carbons (Fsp3) is 0.261. The molecular weight excluding hydrogens is 432 g/mol. The molecule has 0 spiro atoms. The molecule has 0 atom stereocenters. The summed E-state index contributed by atoms with van der Waals surface area (Å²) >= 11 is 6.59. The lowest BCUT2D eigenvalue weighted by molar-refractivity contribution is -0.124. The van der Waals surface area contributed by atoms with Gasteiger partial charge in [0.05, 0.1) is 12.0 Å². The zero-order valence-electron chi connectivity index (χ0n) is 17.4. The van der Waals surface area contributed by atoms with Crippen LogP contribution in [0.1, 0.15) is 18.1 Å². The molecule has 2 aromatic rings. The molecule has 0 aliphatic carbocycles. The van der Waals surface area contributed by atoms with Crippen LogP contribution in [0.15, 0.2) is 53.4 Å². The average Bonchev–Trinajstić information content (AvgIpc) is 3.05. The van der Waals surface area contributed by atoms with Crippen molar-refractivity contribution < 1.29 is 19.1 Å². The summed E-state index contributed by atoms with van der Waals surface area (Å²) in [6, 6.07) is 15.1. The van der Waals surface area contributed by atoms with Crippen LogP contribution in [0.2, 0.25) is 0 Å². The Bertz CT molecular complexity index is 1010. The van der Waals surface area contributed by atoms with Gasteiger partial charge in [-0.15, -0.1) is 0 Å². The molecule has 8 heteroatoms. The van der Waals surface area contributed by atoms with E-state index in [-0.39, 0.29) is 25.0 Å². The SMILES string of the molecule is CCc1cccc(OCC(=O)NCCN2C(=O)/C(=C\c3cccc(OC)c3)SC2=S)c1. The molecule has 1 heterocycles. The Kier molecular flexibility index (Phi) is 8.08. The lowest BCUT2D eigenvalue weighted by Gasteiger charge is -2.15. The van der Waals surface area contributed by atoms with E-state index in [1.807, 2.05) is 48.5 Å². The molecule has 1 aliphatic rings. The molecule has 0 bridgehead atoms. The molecule has 3 rings (SSSR count). The highest BCUT2D eigenvalue weighted by molar-refractivity contribution is 8.26. The molecule has 1 aliphatic heterocycles. The van der Waals surface area contributed by atoms with Gasteiger partial charge < -0.3 is 14.8 Å². The summed E-state index contributed by atoms with van der Waals surface area (Å²) in [5.41, 5.74) is 2.01. The minimum atomic E-state index is -0.251. The smallest absolute Gasteiger partial charge is 0.266 e. The van der Waals surface area contributed by atoms with Crippen molar-refractivity contribution in [1.82, 2.24) is 10.2 Å². The number of ether oxygens (including phenoxy) is 2. The van der Waals surface area contributed by atoms with Crippen molar-refractivity contribution in [3.63, 3.8) is 0 Å². The third-order valence-corrected chi connectivity index (χ3v) is 5.98. The van der Waals surface area contributed by atoms with Gasteiger partial charge in [-0.2, -0.15) is 0 Å². The third-order valence-electron chi connectivity index (χ3n) is 4.60. The van der Waals surface area contributed by atoms with Crippen LogP contribution >= 0.6 is 24.0 Å². The molecule has 2 aromatic carbocycles. The van der Waals surface area contributed by atoms with E-state index in [0.717, 1.165) is 23.3 Å². The molecule has 6 nitrogen and oxygen atoms in total. The maximum atomic E-state index is 12.7. The fourth-order valence-corrected chi connectivity index (χ4v) is 4.25. The molecule has 1 fully saturated rings. The number of rotatable bonds is 9. The molecule has 0 radical (unpaired) electrons. The Labute approximate surface area is 191 Å². The Balaban J connectivity index is 1.48. The van der Waals surface area contributed by atoms with Gasteiger partial charge in [0.25, 0.3) is 11.8 Å². The van der Waals surface area contributed by atoms with Crippen molar-refractivity contribution in [2.75, 3.05) is 26.8 Å². The average molecular weight is 457 g/mol. The summed E-state index contributed by atoms with van der Waals surface area (Å²) in [7, 11) is 1.60. The number of hydrogen-bond acceptors (Lipinski definition) is 6. The zero-order chi connectivity index (χ0) is 22.2. The Morgan fingerprint density at radius 3 is 2.74 bits per heavy atom. The van der Waals surface area contributed by atoms with Crippen molar-refractivity contribution in [2.24, 2.45) is 0 Å². The van der Waals surface area contributed by atoms with Crippen molar-refractivity contribution in [2.45, 2.75) is 13.3 Å². The summed E-state index contributed by atoms with van der Waals surface area (Å²) in [5.74, 6) is 0.962. The molecule has 2 amide bonds. The molecule has 162 valence electrons. The van der Waals surface area contributed by atoms with Gasteiger partial charge in [0.2, 0.25) is 0 Å². The number of nitrogens with one attached hydrogen (secondary N) is 1. The molecule has 0 unspecified atom stereocenters. The van der Waals surface area contributed by atoms with E-state index in [0.29, 0.717) is 21.5 Å². The fourth-order valence-electron chi connectivity index (χ4n) is 2.94. The highest BCUT2D eigenvalue weighted by atomic mass is 32.2. The topological polar surface area (TPSA) is 67.9 Å². The van der Waals surface area contributed by atoms with E-state index in [9.17, 15) is 9.59 Å². The van der Waals surface area contributed by atoms with Crippen molar-refractivity contribution in [3.05, 3.63) is 64.6 Å². The summed E-state index contributed by atoms with van der Waals surface area (Å²) in [5, 5.41) is 2.77. The second-order valence-electron chi connectivity index (χ2n) is 6.75. The lowest BCUT2D eigenvalue weighted by Crippen LogP contribution is -2.38. The van der Waals surface area contributed by atoms with E-state index in [2.05, 4.69) is 12.2 Å². The molecule has 1 saturated heterocycles. The quantitative estimate of drug-likeness (QED) is 0.459. The van der Waals surface area contributed by atoms with Crippen molar-refractivity contribution in [1.29, 1.82) is 0 Å². The van der Waals surface area contributed by atoms with Crippen LogP contribution in [0.25, 0.3) is 6.08 Å². The first-order chi connectivity index (χ1) is 15.0. The number of benzene rings is 2. The first-order valence-electron chi connectivity index (χ1n) is 9.88. The van der Waals surface area contributed by atoms with Gasteiger partial charge >= 0.3 is 0 Å². The second-order valence-corrected chi connectivity index (χ2v) is 8.43. The van der Waals surface area contributed by atoms with Gasteiger partial charge in [0.1, 0.15) is 15.8 Å². The van der Waals surface area contributed by atoms with Crippen molar-refractivity contribution >= 4 is 46.2 Å². The summed E-state index contributed by atoms with van der Waals surface area (Å²) < 4.78 is 11.2. The van der Waals surface area contributed by atoms with Gasteiger partial charge in [-0.25, -0.2) is 0 Å². The van der Waals surface area contributed by atoms with E-state index >= 15 is 0 Å². The summed E-state index contributed by atoms with van der Waals surface area (Å²) in [6.07, 6.45) is 2.69. The Morgan fingerprint density at radius 2 is 1.97 bits per heavy atom. The predicted octanol–water partition coefficient (Wildman–Crippen LogP) is 3.65. The number of thioether (sulfide) groups is 1. The number of hydrogen-bond donors (Lipinski definition) is 1. The van der Waals surface area contributed by atoms with Crippen LogP contribution < -0.4 is 14.8 Å². The number of carbonyl (C=O) groups excluding carboxylic acids is 2. The maximum Gasteiger partial charge on any atom is 0.266 e. The van der Waals surface area contributed by atoms with Crippen LogP contribution in [-0.4, -0.2) is 47.8 Å². The maximum absolute atomic E-state index is 12.7. The highest BCUT2D eigenvalue weighted by Crippen LogP contribution is 2.32.